The molecule has 2 heterocycles. The predicted molar refractivity (Wildman–Crippen MR) is 92.9 cm³/mol. The van der Waals surface area contributed by atoms with E-state index < -0.39 is 0 Å². The lowest BCUT2D eigenvalue weighted by molar-refractivity contribution is 0.0663. The summed E-state index contributed by atoms with van der Waals surface area (Å²) in [6.45, 7) is 1.54. The Balaban J connectivity index is 1.21. The van der Waals surface area contributed by atoms with E-state index in [2.05, 4.69) is 5.32 Å². The molecule has 132 valence electrons. The van der Waals surface area contributed by atoms with E-state index in [9.17, 15) is 9.18 Å². The molecule has 2 aliphatic rings. The molecule has 0 unspecified atom stereocenters. The summed E-state index contributed by atoms with van der Waals surface area (Å²) in [5, 5.41) is 3.73. The van der Waals surface area contributed by atoms with Crippen molar-refractivity contribution >= 4 is 5.91 Å². The summed E-state index contributed by atoms with van der Waals surface area (Å²) in [6, 6.07) is 11.4. The SMILES string of the molecule is O=C(c1ccco1)N1CCC(NC2CC(c3ccc(F)cc3)C2)CC1. The van der Waals surface area contributed by atoms with Crippen molar-refractivity contribution in [2.45, 2.75) is 43.7 Å². The van der Waals surface area contributed by atoms with Crippen molar-refractivity contribution in [2.75, 3.05) is 13.1 Å². The van der Waals surface area contributed by atoms with Gasteiger partial charge in [-0.2, -0.15) is 0 Å². The number of nitrogens with zero attached hydrogens (tertiary/aromatic N) is 1. The van der Waals surface area contributed by atoms with Crippen molar-refractivity contribution in [3.63, 3.8) is 0 Å². The first kappa shape index (κ1) is 16.3. The number of rotatable bonds is 4. The molecule has 25 heavy (non-hydrogen) atoms. The molecular formula is C20H23FN2O2. The number of benzene rings is 1. The van der Waals surface area contributed by atoms with Crippen LogP contribution < -0.4 is 5.32 Å². The number of piperidine rings is 1. The quantitative estimate of drug-likeness (QED) is 0.924. The highest BCUT2D eigenvalue weighted by Crippen LogP contribution is 2.37. The normalized spacial score (nSPS) is 24.1. The number of halogens is 1. The first-order valence-corrected chi connectivity index (χ1v) is 9.03. The summed E-state index contributed by atoms with van der Waals surface area (Å²) in [6.07, 6.45) is 5.71. The van der Waals surface area contributed by atoms with Gasteiger partial charge in [-0.3, -0.25) is 4.79 Å². The number of hydrogen-bond donors (Lipinski definition) is 1. The van der Waals surface area contributed by atoms with E-state index in [1.807, 2.05) is 17.0 Å². The minimum atomic E-state index is -0.173. The molecule has 0 spiro atoms. The second-order valence-corrected chi connectivity index (χ2v) is 7.13. The maximum Gasteiger partial charge on any atom is 0.289 e. The molecule has 1 amide bonds. The molecule has 1 saturated heterocycles. The van der Waals surface area contributed by atoms with Crippen LogP contribution in [-0.2, 0) is 0 Å². The average Bonchev–Trinajstić information content (AvgIpc) is 3.13. The Bertz CT molecular complexity index is 700. The van der Waals surface area contributed by atoms with Gasteiger partial charge in [0, 0.05) is 25.2 Å². The fourth-order valence-corrected chi connectivity index (χ4v) is 3.90. The summed E-state index contributed by atoms with van der Waals surface area (Å²) in [5.74, 6) is 0.781. The molecule has 0 atom stereocenters. The first-order valence-electron chi connectivity index (χ1n) is 9.03. The molecule has 0 bridgehead atoms. The fourth-order valence-electron chi connectivity index (χ4n) is 3.90. The van der Waals surface area contributed by atoms with E-state index in [4.69, 9.17) is 4.42 Å². The van der Waals surface area contributed by atoms with Crippen LogP contribution in [0, 0.1) is 5.82 Å². The second kappa shape index (κ2) is 7.00. The monoisotopic (exact) mass is 342 g/mol. The number of hydrogen-bond acceptors (Lipinski definition) is 3. The van der Waals surface area contributed by atoms with Gasteiger partial charge in [0.15, 0.2) is 5.76 Å². The molecule has 1 aliphatic carbocycles. The van der Waals surface area contributed by atoms with Gasteiger partial charge in [0.05, 0.1) is 6.26 Å². The van der Waals surface area contributed by atoms with E-state index >= 15 is 0 Å². The van der Waals surface area contributed by atoms with Gasteiger partial charge in [0.25, 0.3) is 5.91 Å². The average molecular weight is 342 g/mol. The van der Waals surface area contributed by atoms with Gasteiger partial charge in [-0.1, -0.05) is 12.1 Å². The van der Waals surface area contributed by atoms with Crippen LogP contribution in [0.2, 0.25) is 0 Å². The van der Waals surface area contributed by atoms with Crippen molar-refractivity contribution in [2.24, 2.45) is 0 Å². The maximum absolute atomic E-state index is 13.0. The topological polar surface area (TPSA) is 45.5 Å². The highest BCUT2D eigenvalue weighted by atomic mass is 19.1. The largest absolute Gasteiger partial charge is 0.459 e. The van der Waals surface area contributed by atoms with Crippen molar-refractivity contribution in [1.82, 2.24) is 10.2 Å². The first-order chi connectivity index (χ1) is 12.2. The van der Waals surface area contributed by atoms with E-state index in [0.717, 1.165) is 38.8 Å². The van der Waals surface area contributed by atoms with Crippen LogP contribution in [0.15, 0.2) is 47.1 Å². The molecule has 2 fully saturated rings. The van der Waals surface area contributed by atoms with Crippen LogP contribution in [0.4, 0.5) is 4.39 Å². The molecule has 4 rings (SSSR count). The van der Waals surface area contributed by atoms with Crippen molar-refractivity contribution in [1.29, 1.82) is 0 Å². The van der Waals surface area contributed by atoms with Gasteiger partial charge in [0.1, 0.15) is 5.82 Å². The van der Waals surface area contributed by atoms with E-state index in [-0.39, 0.29) is 11.7 Å². The lowest BCUT2D eigenvalue weighted by Crippen LogP contribution is -2.50. The number of carbonyl (C=O) groups is 1. The molecule has 1 N–H and O–H groups in total. The minimum Gasteiger partial charge on any atom is -0.459 e. The second-order valence-electron chi connectivity index (χ2n) is 7.13. The van der Waals surface area contributed by atoms with Gasteiger partial charge in [-0.15, -0.1) is 0 Å². The summed E-state index contributed by atoms with van der Waals surface area (Å²) < 4.78 is 18.2. The molecule has 1 aromatic carbocycles. The van der Waals surface area contributed by atoms with Gasteiger partial charge in [-0.05, 0) is 61.4 Å². The molecule has 1 saturated carbocycles. The summed E-state index contributed by atoms with van der Waals surface area (Å²) >= 11 is 0. The van der Waals surface area contributed by atoms with E-state index in [1.165, 1.54) is 11.8 Å². The molecule has 2 aromatic rings. The number of nitrogens with one attached hydrogen (secondary N) is 1. The standard InChI is InChI=1S/C20H23FN2O2/c21-16-5-3-14(4-6-16)15-12-18(13-15)22-17-7-9-23(10-8-17)20(24)19-2-1-11-25-19/h1-6,11,15,17-18,22H,7-10,12-13H2. The minimum absolute atomic E-state index is 0.0107. The van der Waals surface area contributed by atoms with Gasteiger partial charge in [-0.25, -0.2) is 4.39 Å². The van der Waals surface area contributed by atoms with Crippen LogP contribution in [-0.4, -0.2) is 36.0 Å². The zero-order valence-corrected chi connectivity index (χ0v) is 14.2. The molecule has 0 radical (unpaired) electrons. The molecule has 1 aromatic heterocycles. The number of carbonyl (C=O) groups excluding carboxylic acids is 1. The third-order valence-corrected chi connectivity index (χ3v) is 5.47. The highest BCUT2D eigenvalue weighted by molar-refractivity contribution is 5.91. The van der Waals surface area contributed by atoms with Crippen molar-refractivity contribution < 1.29 is 13.6 Å². The fraction of sp³-hybridized carbons (Fsp3) is 0.450. The Kier molecular flexibility index (Phi) is 4.57. The highest BCUT2D eigenvalue weighted by Gasteiger charge is 2.33. The van der Waals surface area contributed by atoms with Crippen molar-refractivity contribution in [3.8, 4) is 0 Å². The zero-order valence-electron chi connectivity index (χ0n) is 14.2. The summed E-state index contributed by atoms with van der Waals surface area (Å²) in [5.41, 5.74) is 1.23. The Labute approximate surface area is 147 Å². The van der Waals surface area contributed by atoms with Gasteiger partial charge in [0.2, 0.25) is 0 Å². The maximum atomic E-state index is 13.0. The van der Waals surface area contributed by atoms with Crippen LogP contribution in [0.5, 0.6) is 0 Å². The lowest BCUT2D eigenvalue weighted by Gasteiger charge is -2.41. The Morgan fingerprint density at radius 3 is 2.44 bits per heavy atom. The van der Waals surface area contributed by atoms with Gasteiger partial charge < -0.3 is 14.6 Å². The van der Waals surface area contributed by atoms with Gasteiger partial charge >= 0.3 is 0 Å². The van der Waals surface area contributed by atoms with Crippen LogP contribution >= 0.6 is 0 Å². The van der Waals surface area contributed by atoms with Crippen LogP contribution in [0.1, 0.15) is 47.7 Å². The van der Waals surface area contributed by atoms with Crippen LogP contribution in [0.25, 0.3) is 0 Å². The third-order valence-electron chi connectivity index (χ3n) is 5.47. The Morgan fingerprint density at radius 2 is 1.80 bits per heavy atom. The molecule has 4 nitrogen and oxygen atoms in total. The van der Waals surface area contributed by atoms with Crippen LogP contribution in [0.3, 0.4) is 0 Å². The molecular weight excluding hydrogens is 319 g/mol. The lowest BCUT2D eigenvalue weighted by atomic mass is 9.75. The molecule has 1 aliphatic heterocycles. The Hall–Kier alpha value is -2.14. The number of furan rings is 1. The number of amides is 1. The zero-order chi connectivity index (χ0) is 17.2. The Morgan fingerprint density at radius 1 is 1.08 bits per heavy atom. The summed E-state index contributed by atoms with van der Waals surface area (Å²) in [4.78, 5) is 14.1. The smallest absolute Gasteiger partial charge is 0.289 e. The van der Waals surface area contributed by atoms with E-state index in [1.54, 1.807) is 24.3 Å². The predicted octanol–water partition coefficient (Wildman–Crippen LogP) is 3.56. The van der Waals surface area contributed by atoms with E-state index in [0.29, 0.717) is 23.8 Å². The van der Waals surface area contributed by atoms with Crippen molar-refractivity contribution in [3.05, 3.63) is 59.8 Å². The third kappa shape index (κ3) is 3.61. The summed E-state index contributed by atoms with van der Waals surface area (Å²) in [7, 11) is 0. The number of likely N-dealkylation sites (tertiary alicyclic amines) is 1. The molecule has 5 heteroatoms.